The number of aryl methyl sites for hydroxylation is 1. The Morgan fingerprint density at radius 1 is 1.12 bits per heavy atom. The quantitative estimate of drug-likeness (QED) is 0.934. The standard InChI is InChI=1S/C20H24N4O/c1-15-5-2-3-6-17(15)18(25)24-11-7-20(8-12-24)13-16(14-20)23-19-21-9-4-10-22-19/h2-6,9-10,16H,7-8,11-14H2,1H3,(H,21,22,23). The van der Waals surface area contributed by atoms with Crippen molar-refractivity contribution in [3.05, 3.63) is 53.9 Å². The molecule has 0 unspecified atom stereocenters. The van der Waals surface area contributed by atoms with Crippen LogP contribution >= 0.6 is 0 Å². The molecule has 1 aliphatic heterocycles. The Labute approximate surface area is 148 Å². The van der Waals surface area contributed by atoms with Crippen LogP contribution < -0.4 is 5.32 Å². The Kier molecular flexibility index (Phi) is 4.15. The summed E-state index contributed by atoms with van der Waals surface area (Å²) in [6.45, 7) is 3.73. The second kappa shape index (κ2) is 6.47. The minimum atomic E-state index is 0.180. The van der Waals surface area contributed by atoms with Gasteiger partial charge in [0, 0.05) is 37.1 Å². The van der Waals surface area contributed by atoms with Gasteiger partial charge in [0.25, 0.3) is 5.91 Å². The summed E-state index contributed by atoms with van der Waals surface area (Å²) in [5.74, 6) is 0.897. The number of carbonyl (C=O) groups is 1. The number of benzene rings is 1. The maximum Gasteiger partial charge on any atom is 0.254 e. The molecule has 0 bridgehead atoms. The number of anilines is 1. The lowest BCUT2D eigenvalue weighted by Crippen LogP contribution is -2.52. The van der Waals surface area contributed by atoms with Crippen molar-refractivity contribution in [3.8, 4) is 0 Å². The average Bonchev–Trinajstić information content (AvgIpc) is 2.62. The monoisotopic (exact) mass is 336 g/mol. The zero-order valence-corrected chi connectivity index (χ0v) is 14.6. The molecule has 1 amide bonds. The van der Waals surface area contributed by atoms with Crippen LogP contribution in [0.4, 0.5) is 5.95 Å². The molecular weight excluding hydrogens is 312 g/mol. The summed E-state index contributed by atoms with van der Waals surface area (Å²) in [6, 6.07) is 10.2. The normalized spacial score (nSPS) is 19.5. The summed E-state index contributed by atoms with van der Waals surface area (Å²) < 4.78 is 0. The van der Waals surface area contributed by atoms with E-state index in [4.69, 9.17) is 0 Å². The van der Waals surface area contributed by atoms with E-state index in [9.17, 15) is 4.79 Å². The number of nitrogens with one attached hydrogen (secondary N) is 1. The van der Waals surface area contributed by atoms with Crippen LogP contribution in [0.1, 0.15) is 41.6 Å². The van der Waals surface area contributed by atoms with Crippen LogP contribution in [0.2, 0.25) is 0 Å². The number of likely N-dealkylation sites (tertiary alicyclic amines) is 1. The van der Waals surface area contributed by atoms with Gasteiger partial charge < -0.3 is 10.2 Å². The number of hydrogen-bond acceptors (Lipinski definition) is 4. The lowest BCUT2D eigenvalue weighted by Gasteiger charge is -2.52. The fraction of sp³-hybridized carbons (Fsp3) is 0.450. The molecule has 1 saturated heterocycles. The van der Waals surface area contributed by atoms with E-state index in [0.717, 1.165) is 55.8 Å². The van der Waals surface area contributed by atoms with Gasteiger partial charge in [-0.25, -0.2) is 9.97 Å². The largest absolute Gasteiger partial charge is 0.351 e. The number of rotatable bonds is 3. The Balaban J connectivity index is 1.31. The van der Waals surface area contributed by atoms with E-state index in [1.165, 1.54) is 0 Å². The molecule has 130 valence electrons. The summed E-state index contributed by atoms with van der Waals surface area (Å²) in [5.41, 5.74) is 2.30. The van der Waals surface area contributed by atoms with Crippen molar-refractivity contribution in [3.63, 3.8) is 0 Å². The molecule has 5 nitrogen and oxygen atoms in total. The van der Waals surface area contributed by atoms with Gasteiger partial charge in [0.05, 0.1) is 0 Å². The molecule has 1 aromatic heterocycles. The molecule has 1 N–H and O–H groups in total. The van der Waals surface area contributed by atoms with Crippen LogP contribution in [-0.4, -0.2) is 39.9 Å². The van der Waals surface area contributed by atoms with Crippen molar-refractivity contribution in [2.24, 2.45) is 5.41 Å². The number of piperidine rings is 1. The van der Waals surface area contributed by atoms with Crippen molar-refractivity contribution < 1.29 is 4.79 Å². The maximum atomic E-state index is 12.7. The van der Waals surface area contributed by atoms with E-state index in [1.54, 1.807) is 12.4 Å². The van der Waals surface area contributed by atoms with Crippen molar-refractivity contribution in [1.29, 1.82) is 0 Å². The van der Waals surface area contributed by atoms with Crippen molar-refractivity contribution in [2.75, 3.05) is 18.4 Å². The third kappa shape index (κ3) is 3.23. The first-order valence-corrected chi connectivity index (χ1v) is 9.04. The summed E-state index contributed by atoms with van der Waals surface area (Å²) in [4.78, 5) is 23.2. The summed E-state index contributed by atoms with van der Waals surface area (Å²) >= 11 is 0. The first-order valence-electron chi connectivity index (χ1n) is 9.04. The van der Waals surface area contributed by atoms with E-state index < -0.39 is 0 Å². The van der Waals surface area contributed by atoms with Gasteiger partial charge >= 0.3 is 0 Å². The van der Waals surface area contributed by atoms with Gasteiger partial charge in [0.15, 0.2) is 0 Å². The number of nitrogens with zero attached hydrogens (tertiary/aromatic N) is 3. The van der Waals surface area contributed by atoms with Crippen molar-refractivity contribution in [2.45, 2.75) is 38.6 Å². The molecule has 5 heteroatoms. The van der Waals surface area contributed by atoms with Gasteiger partial charge in [0.1, 0.15) is 0 Å². The molecule has 1 saturated carbocycles. The lowest BCUT2D eigenvalue weighted by atomic mass is 9.60. The van der Waals surface area contributed by atoms with E-state index in [2.05, 4.69) is 15.3 Å². The zero-order valence-electron chi connectivity index (χ0n) is 14.6. The van der Waals surface area contributed by atoms with Crippen molar-refractivity contribution >= 4 is 11.9 Å². The second-order valence-electron chi connectivity index (χ2n) is 7.43. The number of aromatic nitrogens is 2. The number of amides is 1. The summed E-state index contributed by atoms with van der Waals surface area (Å²) in [6.07, 6.45) is 8.02. The Morgan fingerprint density at radius 3 is 2.48 bits per heavy atom. The van der Waals surface area contributed by atoms with E-state index >= 15 is 0 Å². The second-order valence-corrected chi connectivity index (χ2v) is 7.43. The van der Waals surface area contributed by atoms with Crippen LogP contribution in [-0.2, 0) is 0 Å². The van der Waals surface area contributed by atoms with Crippen LogP contribution in [0.5, 0.6) is 0 Å². The number of hydrogen-bond donors (Lipinski definition) is 1. The lowest BCUT2D eigenvalue weighted by molar-refractivity contribution is 0.0218. The first-order chi connectivity index (χ1) is 12.2. The molecule has 1 aliphatic carbocycles. The molecule has 4 rings (SSSR count). The van der Waals surface area contributed by atoms with Crippen LogP contribution in [0.25, 0.3) is 0 Å². The first kappa shape index (κ1) is 16.1. The summed E-state index contributed by atoms with van der Waals surface area (Å²) in [5, 5.41) is 3.41. The highest BCUT2D eigenvalue weighted by atomic mass is 16.2. The smallest absolute Gasteiger partial charge is 0.254 e. The van der Waals surface area contributed by atoms with Crippen molar-refractivity contribution in [1.82, 2.24) is 14.9 Å². The Morgan fingerprint density at radius 2 is 1.80 bits per heavy atom. The van der Waals surface area contributed by atoms with Gasteiger partial charge in [-0.05, 0) is 55.7 Å². The topological polar surface area (TPSA) is 58.1 Å². The van der Waals surface area contributed by atoms with Gasteiger partial charge in [-0.2, -0.15) is 0 Å². The van der Waals surface area contributed by atoms with E-state index in [1.807, 2.05) is 42.2 Å². The van der Waals surface area contributed by atoms with Gasteiger partial charge in [-0.1, -0.05) is 18.2 Å². The van der Waals surface area contributed by atoms with Crippen LogP contribution in [0.15, 0.2) is 42.7 Å². The molecule has 0 atom stereocenters. The summed E-state index contributed by atoms with van der Waals surface area (Å²) in [7, 11) is 0. The molecule has 25 heavy (non-hydrogen) atoms. The maximum absolute atomic E-state index is 12.7. The molecule has 2 aromatic rings. The minimum absolute atomic E-state index is 0.180. The predicted molar refractivity (Wildman–Crippen MR) is 97.4 cm³/mol. The highest BCUT2D eigenvalue weighted by Crippen LogP contribution is 2.49. The SMILES string of the molecule is Cc1ccccc1C(=O)N1CCC2(CC1)CC(Nc1ncccn1)C2. The highest BCUT2D eigenvalue weighted by molar-refractivity contribution is 5.95. The van der Waals surface area contributed by atoms with Crippen LogP contribution in [0, 0.1) is 12.3 Å². The molecule has 2 aliphatic rings. The third-order valence-electron chi connectivity index (χ3n) is 5.74. The third-order valence-corrected chi connectivity index (χ3v) is 5.74. The van der Waals surface area contributed by atoms with E-state index in [0.29, 0.717) is 11.5 Å². The Bertz CT molecular complexity index is 745. The molecule has 0 radical (unpaired) electrons. The van der Waals surface area contributed by atoms with Gasteiger partial charge in [-0.15, -0.1) is 0 Å². The highest BCUT2D eigenvalue weighted by Gasteiger charge is 2.46. The molecule has 2 fully saturated rings. The van der Waals surface area contributed by atoms with Gasteiger partial charge in [0.2, 0.25) is 5.95 Å². The minimum Gasteiger partial charge on any atom is -0.351 e. The molecule has 1 spiro atoms. The van der Waals surface area contributed by atoms with Gasteiger partial charge in [-0.3, -0.25) is 4.79 Å². The fourth-order valence-electron chi connectivity index (χ4n) is 4.22. The predicted octanol–water partition coefficient (Wildman–Crippen LogP) is 3.28. The molecule has 2 heterocycles. The zero-order chi connectivity index (χ0) is 17.3. The van der Waals surface area contributed by atoms with Crippen LogP contribution in [0.3, 0.4) is 0 Å². The molecular formula is C20H24N4O. The average molecular weight is 336 g/mol. The Hall–Kier alpha value is -2.43. The number of carbonyl (C=O) groups excluding carboxylic acids is 1. The molecule has 1 aromatic carbocycles. The van der Waals surface area contributed by atoms with E-state index in [-0.39, 0.29) is 5.91 Å². The fourth-order valence-corrected chi connectivity index (χ4v) is 4.22.